The normalized spacial score (nSPS) is 25.4. The molecule has 1 aliphatic rings. The van der Waals surface area contributed by atoms with Crippen molar-refractivity contribution in [2.75, 3.05) is 6.54 Å². The fourth-order valence-corrected chi connectivity index (χ4v) is 1.34. The Morgan fingerprint density at radius 3 is 2.44 bits per heavy atom. The maximum atomic E-state index is 11.8. The summed E-state index contributed by atoms with van der Waals surface area (Å²) in [5, 5.41) is 10.2. The maximum Gasteiger partial charge on any atom is 0.471 e. The van der Waals surface area contributed by atoms with Gasteiger partial charge in [-0.25, -0.2) is 4.79 Å². The Labute approximate surface area is 88.6 Å². The fourth-order valence-electron chi connectivity index (χ4n) is 1.34. The number of hydrogen-bond donors (Lipinski definition) is 2. The number of rotatable bonds is 3. The Morgan fingerprint density at radius 1 is 1.38 bits per heavy atom. The van der Waals surface area contributed by atoms with Crippen LogP contribution in [0.5, 0.6) is 0 Å². The van der Waals surface area contributed by atoms with Crippen LogP contribution in [0.25, 0.3) is 0 Å². The van der Waals surface area contributed by atoms with Gasteiger partial charge in [0, 0.05) is 6.54 Å². The average molecular weight is 241 g/mol. The lowest BCUT2D eigenvalue weighted by atomic mass is 10.2. The number of alkyl halides is 3. The maximum absolute atomic E-state index is 11.8. The first-order valence-corrected chi connectivity index (χ1v) is 4.54. The Kier molecular flexibility index (Phi) is 3.74. The number of carboxylic acid groups (broad SMARTS) is 1. The molecule has 5 nitrogen and oxygen atoms in total. The van der Waals surface area contributed by atoms with Gasteiger partial charge in [-0.15, -0.1) is 0 Å². The highest BCUT2D eigenvalue weighted by Crippen LogP contribution is 2.20. The molecule has 0 aromatic carbocycles. The lowest BCUT2D eigenvalue weighted by Gasteiger charge is -2.13. The van der Waals surface area contributed by atoms with Gasteiger partial charge in [-0.1, -0.05) is 0 Å². The Balaban J connectivity index is 2.31. The molecule has 1 aliphatic heterocycles. The number of carbonyl (C=O) groups is 2. The van der Waals surface area contributed by atoms with Crippen LogP contribution in [0.15, 0.2) is 0 Å². The van der Waals surface area contributed by atoms with Crippen LogP contribution in [-0.4, -0.2) is 41.9 Å². The zero-order valence-electron chi connectivity index (χ0n) is 8.08. The van der Waals surface area contributed by atoms with Gasteiger partial charge in [-0.2, -0.15) is 13.2 Å². The third-order valence-corrected chi connectivity index (χ3v) is 2.13. The van der Waals surface area contributed by atoms with E-state index in [-0.39, 0.29) is 13.0 Å². The molecular weight excluding hydrogens is 231 g/mol. The minimum atomic E-state index is -4.93. The number of hydrogen-bond acceptors (Lipinski definition) is 3. The van der Waals surface area contributed by atoms with Gasteiger partial charge in [0.2, 0.25) is 0 Å². The highest BCUT2D eigenvalue weighted by atomic mass is 19.4. The van der Waals surface area contributed by atoms with Crippen LogP contribution in [-0.2, 0) is 14.3 Å². The monoisotopic (exact) mass is 241 g/mol. The molecule has 1 saturated heterocycles. The van der Waals surface area contributed by atoms with Crippen molar-refractivity contribution in [1.29, 1.82) is 0 Å². The highest BCUT2D eigenvalue weighted by molar-refractivity contribution is 5.81. The molecule has 0 radical (unpaired) electrons. The van der Waals surface area contributed by atoms with E-state index in [1.54, 1.807) is 5.32 Å². The Hall–Kier alpha value is -1.31. The van der Waals surface area contributed by atoms with E-state index >= 15 is 0 Å². The van der Waals surface area contributed by atoms with E-state index in [1.807, 2.05) is 0 Å². The zero-order chi connectivity index (χ0) is 12.3. The van der Waals surface area contributed by atoms with Crippen LogP contribution < -0.4 is 5.32 Å². The second-order valence-corrected chi connectivity index (χ2v) is 3.37. The standard InChI is InChI=1S/C8H10F3NO4/c9-8(10,11)7(15)12-3-4-1-2-5(16-4)6(13)14/h4-5H,1-3H2,(H,12,15)(H,13,14)/t4-,5+/m0/s1. The van der Waals surface area contributed by atoms with Gasteiger partial charge in [0.15, 0.2) is 6.10 Å². The number of amides is 1. The number of carbonyl (C=O) groups excluding carboxylic acids is 1. The van der Waals surface area contributed by atoms with Crippen molar-refractivity contribution in [3.05, 3.63) is 0 Å². The first-order valence-electron chi connectivity index (χ1n) is 4.54. The molecule has 2 atom stereocenters. The van der Waals surface area contributed by atoms with E-state index in [1.165, 1.54) is 0 Å². The number of halogens is 3. The van der Waals surface area contributed by atoms with Crippen molar-refractivity contribution in [3.8, 4) is 0 Å². The molecule has 0 unspecified atom stereocenters. The number of aliphatic carboxylic acids is 1. The smallest absolute Gasteiger partial charge is 0.471 e. The van der Waals surface area contributed by atoms with Crippen LogP contribution in [0, 0.1) is 0 Å². The van der Waals surface area contributed by atoms with Gasteiger partial charge >= 0.3 is 18.1 Å². The van der Waals surface area contributed by atoms with Crippen LogP contribution in [0.4, 0.5) is 13.2 Å². The lowest BCUT2D eigenvalue weighted by Crippen LogP contribution is -2.41. The van der Waals surface area contributed by atoms with Gasteiger partial charge in [-0.3, -0.25) is 4.79 Å². The summed E-state index contributed by atoms with van der Waals surface area (Å²) in [6.07, 6.45) is -6.04. The minimum Gasteiger partial charge on any atom is -0.479 e. The van der Waals surface area contributed by atoms with Crippen molar-refractivity contribution in [2.45, 2.75) is 31.2 Å². The van der Waals surface area contributed by atoms with Crippen molar-refractivity contribution in [2.24, 2.45) is 0 Å². The van der Waals surface area contributed by atoms with Crippen molar-refractivity contribution in [3.63, 3.8) is 0 Å². The molecule has 92 valence electrons. The predicted molar refractivity (Wildman–Crippen MR) is 44.6 cm³/mol. The first-order chi connectivity index (χ1) is 7.30. The summed E-state index contributed by atoms with van der Waals surface area (Å²) in [6, 6.07) is 0. The molecule has 0 aromatic heterocycles. The van der Waals surface area contributed by atoms with Crippen LogP contribution in [0.1, 0.15) is 12.8 Å². The summed E-state index contributed by atoms with van der Waals surface area (Å²) < 4.78 is 40.2. The lowest BCUT2D eigenvalue weighted by molar-refractivity contribution is -0.174. The quantitative estimate of drug-likeness (QED) is 0.745. The van der Waals surface area contributed by atoms with E-state index in [0.29, 0.717) is 6.42 Å². The summed E-state index contributed by atoms with van der Waals surface area (Å²) in [6.45, 7) is -0.331. The van der Waals surface area contributed by atoms with Gasteiger partial charge in [0.05, 0.1) is 6.10 Å². The van der Waals surface area contributed by atoms with Crippen LogP contribution in [0.3, 0.4) is 0 Å². The van der Waals surface area contributed by atoms with E-state index in [4.69, 9.17) is 9.84 Å². The average Bonchev–Trinajstić information content (AvgIpc) is 2.60. The van der Waals surface area contributed by atoms with E-state index in [9.17, 15) is 22.8 Å². The summed E-state index contributed by atoms with van der Waals surface area (Å²) in [5.41, 5.74) is 0. The molecule has 0 aromatic rings. The SMILES string of the molecule is O=C(O)[C@H]1CC[C@@H](CNC(=O)C(F)(F)F)O1. The number of ether oxygens (including phenoxy) is 1. The number of carboxylic acids is 1. The molecule has 8 heteroatoms. The Bertz CT molecular complexity index is 291. The minimum absolute atomic E-state index is 0.238. The van der Waals surface area contributed by atoms with Crippen LogP contribution in [0.2, 0.25) is 0 Å². The topological polar surface area (TPSA) is 75.6 Å². The molecule has 1 fully saturated rings. The molecule has 0 saturated carbocycles. The van der Waals surface area contributed by atoms with Crippen molar-refractivity contribution in [1.82, 2.24) is 5.32 Å². The fraction of sp³-hybridized carbons (Fsp3) is 0.750. The van der Waals surface area contributed by atoms with Crippen LogP contribution >= 0.6 is 0 Å². The molecule has 0 aliphatic carbocycles. The van der Waals surface area contributed by atoms with E-state index < -0.39 is 30.3 Å². The van der Waals surface area contributed by atoms with Crippen molar-refractivity contribution >= 4 is 11.9 Å². The summed E-state index contributed by atoms with van der Waals surface area (Å²) in [4.78, 5) is 20.9. The molecule has 2 N–H and O–H groups in total. The van der Waals surface area contributed by atoms with Gasteiger partial charge in [0.1, 0.15) is 0 Å². The molecule has 0 bridgehead atoms. The van der Waals surface area contributed by atoms with Gasteiger partial charge < -0.3 is 15.2 Å². The number of nitrogens with one attached hydrogen (secondary N) is 1. The highest BCUT2D eigenvalue weighted by Gasteiger charge is 2.39. The largest absolute Gasteiger partial charge is 0.479 e. The third kappa shape index (κ3) is 3.37. The summed E-state index contributed by atoms with van der Waals surface area (Å²) in [7, 11) is 0. The molecule has 1 rings (SSSR count). The summed E-state index contributed by atoms with van der Waals surface area (Å²) >= 11 is 0. The second-order valence-electron chi connectivity index (χ2n) is 3.37. The van der Waals surface area contributed by atoms with E-state index in [2.05, 4.69) is 0 Å². The Morgan fingerprint density at radius 2 is 2.00 bits per heavy atom. The summed E-state index contributed by atoms with van der Waals surface area (Å²) in [5.74, 6) is -3.19. The second kappa shape index (κ2) is 4.69. The molecule has 1 heterocycles. The van der Waals surface area contributed by atoms with Crippen molar-refractivity contribution < 1.29 is 32.6 Å². The molecule has 1 amide bonds. The zero-order valence-corrected chi connectivity index (χ0v) is 8.08. The van der Waals surface area contributed by atoms with Gasteiger partial charge in [0.25, 0.3) is 0 Å². The predicted octanol–water partition coefficient (Wildman–Crippen LogP) is 0.297. The third-order valence-electron chi connectivity index (χ3n) is 2.13. The van der Waals surface area contributed by atoms with E-state index in [0.717, 1.165) is 0 Å². The molecule has 0 spiro atoms. The molecule has 16 heavy (non-hydrogen) atoms. The first kappa shape index (κ1) is 12.8. The molecular formula is C8H10F3NO4. The van der Waals surface area contributed by atoms with Gasteiger partial charge in [-0.05, 0) is 12.8 Å².